The Labute approximate surface area is 145 Å². The predicted octanol–water partition coefficient (Wildman–Crippen LogP) is 5.01. The third kappa shape index (κ3) is 4.22. The van der Waals surface area contributed by atoms with Gasteiger partial charge in [0.05, 0.1) is 20.8 Å². The van der Waals surface area contributed by atoms with Crippen molar-refractivity contribution in [1.29, 1.82) is 0 Å². The Hall–Kier alpha value is -2.16. The highest BCUT2D eigenvalue weighted by Crippen LogP contribution is 2.39. The molecule has 0 aliphatic heterocycles. The van der Waals surface area contributed by atoms with E-state index >= 15 is 0 Å². The summed E-state index contributed by atoms with van der Waals surface area (Å²) in [5.74, 6) is 2.13. The molecule has 24 heavy (non-hydrogen) atoms. The molecule has 0 fully saturated rings. The van der Waals surface area contributed by atoms with Crippen LogP contribution in [-0.4, -0.2) is 20.8 Å². The summed E-state index contributed by atoms with van der Waals surface area (Å²) >= 11 is 0. The fraction of sp³-hybridized carbons (Fsp3) is 0.429. The second kappa shape index (κ2) is 8.09. The smallest absolute Gasteiger partial charge is 0.203 e. The van der Waals surface area contributed by atoms with Gasteiger partial charge in [-0.25, -0.2) is 0 Å². The minimum Gasteiger partial charge on any atom is -0.493 e. The fourth-order valence-corrected chi connectivity index (χ4v) is 2.72. The molecule has 0 N–H and O–H groups in total. The van der Waals surface area contributed by atoms with E-state index in [1.54, 1.807) is 14.2 Å². The number of methoxy groups -OCH3 is 2. The average molecular weight is 328 g/mol. The first-order chi connectivity index (χ1) is 11.5. The summed E-state index contributed by atoms with van der Waals surface area (Å²) in [5, 5.41) is 0. The van der Waals surface area contributed by atoms with Crippen LogP contribution in [0.3, 0.4) is 0 Å². The summed E-state index contributed by atoms with van der Waals surface area (Å²) in [6.45, 7) is 7.18. The van der Waals surface area contributed by atoms with E-state index in [4.69, 9.17) is 14.2 Å². The first-order valence-corrected chi connectivity index (χ1v) is 8.45. The molecule has 0 aromatic heterocycles. The zero-order valence-electron chi connectivity index (χ0n) is 15.4. The van der Waals surface area contributed by atoms with Gasteiger partial charge in [0.2, 0.25) is 5.75 Å². The van der Waals surface area contributed by atoms with Crippen LogP contribution in [0.2, 0.25) is 0 Å². The van der Waals surface area contributed by atoms with Gasteiger partial charge in [-0.05, 0) is 41.5 Å². The van der Waals surface area contributed by atoms with Crippen LogP contribution in [0.5, 0.6) is 17.2 Å². The summed E-state index contributed by atoms with van der Waals surface area (Å²) in [6.07, 6.45) is 1.83. The molecule has 130 valence electrons. The van der Waals surface area contributed by atoms with Crippen LogP contribution in [0.1, 0.15) is 38.3 Å². The van der Waals surface area contributed by atoms with E-state index in [2.05, 4.69) is 45.0 Å². The maximum absolute atomic E-state index is 6.06. The predicted molar refractivity (Wildman–Crippen MR) is 98.5 cm³/mol. The van der Waals surface area contributed by atoms with Crippen molar-refractivity contribution < 1.29 is 14.2 Å². The van der Waals surface area contributed by atoms with E-state index in [-0.39, 0.29) is 5.41 Å². The molecule has 0 radical (unpaired) electrons. The highest BCUT2D eigenvalue weighted by Gasteiger charge is 2.21. The lowest BCUT2D eigenvalue weighted by atomic mass is 9.82. The average Bonchev–Trinajstić information content (AvgIpc) is 2.62. The molecule has 0 unspecified atom stereocenters. The highest BCUT2D eigenvalue weighted by atomic mass is 16.5. The number of benzene rings is 2. The van der Waals surface area contributed by atoms with Crippen molar-refractivity contribution in [3.05, 3.63) is 53.6 Å². The molecule has 0 saturated carbocycles. The van der Waals surface area contributed by atoms with Gasteiger partial charge in [0.25, 0.3) is 0 Å². The van der Waals surface area contributed by atoms with Crippen molar-refractivity contribution in [1.82, 2.24) is 0 Å². The maximum atomic E-state index is 6.06. The third-order valence-corrected chi connectivity index (χ3v) is 4.46. The van der Waals surface area contributed by atoms with E-state index in [1.165, 1.54) is 11.1 Å². The molecular weight excluding hydrogens is 300 g/mol. The number of ether oxygens (including phenoxy) is 3. The van der Waals surface area contributed by atoms with Gasteiger partial charge in [0.1, 0.15) is 0 Å². The summed E-state index contributed by atoms with van der Waals surface area (Å²) in [4.78, 5) is 0. The van der Waals surface area contributed by atoms with E-state index < -0.39 is 0 Å². The maximum Gasteiger partial charge on any atom is 0.203 e. The second-order valence-electron chi connectivity index (χ2n) is 6.53. The van der Waals surface area contributed by atoms with Gasteiger partial charge in [-0.3, -0.25) is 0 Å². The molecule has 0 aliphatic carbocycles. The summed E-state index contributed by atoms with van der Waals surface area (Å²) in [6, 6.07) is 14.6. The number of hydrogen-bond donors (Lipinski definition) is 0. The Morgan fingerprint density at radius 1 is 0.917 bits per heavy atom. The lowest BCUT2D eigenvalue weighted by molar-refractivity contribution is 0.246. The SMILES string of the molecule is CCc1cc(OC)c(OCCC(C)(C)c2ccccc2)c(OC)c1. The normalized spacial score (nSPS) is 11.2. The van der Waals surface area contributed by atoms with E-state index in [0.717, 1.165) is 24.3 Å². The molecule has 0 heterocycles. The van der Waals surface area contributed by atoms with Crippen molar-refractivity contribution in [2.75, 3.05) is 20.8 Å². The number of aryl methyl sites for hydroxylation is 1. The van der Waals surface area contributed by atoms with Gasteiger partial charge >= 0.3 is 0 Å². The molecule has 2 aromatic rings. The topological polar surface area (TPSA) is 27.7 Å². The zero-order valence-corrected chi connectivity index (χ0v) is 15.4. The van der Waals surface area contributed by atoms with Gasteiger partial charge in [-0.2, -0.15) is 0 Å². The zero-order chi connectivity index (χ0) is 17.6. The lowest BCUT2D eigenvalue weighted by Crippen LogP contribution is -2.20. The van der Waals surface area contributed by atoms with Crippen molar-refractivity contribution in [3.8, 4) is 17.2 Å². The summed E-state index contributed by atoms with van der Waals surface area (Å²) < 4.78 is 17.0. The second-order valence-corrected chi connectivity index (χ2v) is 6.53. The van der Waals surface area contributed by atoms with Gasteiger partial charge < -0.3 is 14.2 Å². The Bertz CT molecular complexity index is 622. The van der Waals surface area contributed by atoms with Crippen LogP contribution in [-0.2, 0) is 11.8 Å². The van der Waals surface area contributed by atoms with E-state index in [9.17, 15) is 0 Å². The molecule has 0 saturated heterocycles. The molecular formula is C21H28O3. The molecule has 0 atom stereocenters. The highest BCUT2D eigenvalue weighted by molar-refractivity contribution is 5.53. The fourth-order valence-electron chi connectivity index (χ4n) is 2.72. The third-order valence-electron chi connectivity index (χ3n) is 4.46. The molecule has 3 heteroatoms. The quantitative estimate of drug-likeness (QED) is 0.681. The van der Waals surface area contributed by atoms with Crippen molar-refractivity contribution in [2.24, 2.45) is 0 Å². The Balaban J connectivity index is 2.11. The van der Waals surface area contributed by atoms with Crippen molar-refractivity contribution in [3.63, 3.8) is 0 Å². The van der Waals surface area contributed by atoms with Crippen molar-refractivity contribution >= 4 is 0 Å². The minimum atomic E-state index is 0.0467. The van der Waals surface area contributed by atoms with Crippen LogP contribution in [0, 0.1) is 0 Å². The number of rotatable bonds is 8. The molecule has 0 amide bonds. The van der Waals surface area contributed by atoms with E-state index in [0.29, 0.717) is 12.4 Å². The van der Waals surface area contributed by atoms with Crippen LogP contribution in [0.4, 0.5) is 0 Å². The molecule has 0 spiro atoms. The standard InChI is InChI=1S/C21H28O3/c1-6-16-14-18(22-4)20(19(15-16)23-5)24-13-12-21(2,3)17-10-8-7-9-11-17/h7-11,14-15H,6,12-13H2,1-5H3. The van der Waals surface area contributed by atoms with Crippen LogP contribution >= 0.6 is 0 Å². The van der Waals surface area contributed by atoms with Crippen LogP contribution in [0.15, 0.2) is 42.5 Å². The van der Waals surface area contributed by atoms with Gasteiger partial charge in [0.15, 0.2) is 11.5 Å². The van der Waals surface area contributed by atoms with Gasteiger partial charge in [-0.1, -0.05) is 51.1 Å². The van der Waals surface area contributed by atoms with Crippen LogP contribution < -0.4 is 14.2 Å². The molecule has 0 bridgehead atoms. The summed E-state index contributed by atoms with van der Waals surface area (Å²) in [5.41, 5.74) is 2.53. The monoisotopic (exact) mass is 328 g/mol. The minimum absolute atomic E-state index is 0.0467. The Morgan fingerprint density at radius 3 is 2.00 bits per heavy atom. The largest absolute Gasteiger partial charge is 0.493 e. The molecule has 3 nitrogen and oxygen atoms in total. The lowest BCUT2D eigenvalue weighted by Gasteiger charge is -2.26. The first kappa shape index (κ1) is 18.2. The Kier molecular flexibility index (Phi) is 6.13. The van der Waals surface area contributed by atoms with Gasteiger partial charge in [0, 0.05) is 0 Å². The van der Waals surface area contributed by atoms with Crippen molar-refractivity contribution in [2.45, 2.75) is 39.0 Å². The van der Waals surface area contributed by atoms with Crippen LogP contribution in [0.25, 0.3) is 0 Å². The summed E-state index contributed by atoms with van der Waals surface area (Å²) in [7, 11) is 3.32. The molecule has 2 rings (SSSR count). The Morgan fingerprint density at radius 2 is 1.50 bits per heavy atom. The van der Waals surface area contributed by atoms with E-state index in [1.807, 2.05) is 18.2 Å². The molecule has 0 aliphatic rings. The van der Waals surface area contributed by atoms with Gasteiger partial charge in [-0.15, -0.1) is 0 Å². The molecule has 2 aromatic carbocycles. The first-order valence-electron chi connectivity index (χ1n) is 8.45. The number of hydrogen-bond acceptors (Lipinski definition) is 3.